The highest BCUT2D eigenvalue weighted by molar-refractivity contribution is 6.08. The van der Waals surface area contributed by atoms with E-state index in [0.717, 1.165) is 23.8 Å². The zero-order chi connectivity index (χ0) is 19.3. The number of nitrogens with one attached hydrogen (secondary N) is 1. The maximum Gasteiger partial charge on any atom is 0.326 e. The van der Waals surface area contributed by atoms with E-state index in [0.29, 0.717) is 6.42 Å². The van der Waals surface area contributed by atoms with Crippen LogP contribution in [0.3, 0.4) is 0 Å². The summed E-state index contributed by atoms with van der Waals surface area (Å²) in [6.07, 6.45) is 2.09. The van der Waals surface area contributed by atoms with Gasteiger partial charge in [0.05, 0.1) is 0 Å². The third kappa shape index (κ3) is 4.44. The minimum atomic E-state index is -1.04. The summed E-state index contributed by atoms with van der Waals surface area (Å²) in [5.41, 5.74) is -0.968. The Hall–Kier alpha value is -2.77. The quantitative estimate of drug-likeness (QED) is 0.433. The molecule has 1 aliphatic rings. The summed E-state index contributed by atoms with van der Waals surface area (Å²) >= 11 is 0. The van der Waals surface area contributed by atoms with Crippen LogP contribution >= 0.6 is 0 Å². The standard InChI is InChI=1S/C18H21FN2O5/c1-3-4-8-18(2)16(24)21(17(25)20-18)10-15(23)26-11-14(22)12-6-5-7-13(19)9-12/h5-7,9H,3-4,8,10-11H2,1-2H3,(H,20,25)/t18-/m0/s1. The molecule has 0 aliphatic carbocycles. The first-order chi connectivity index (χ1) is 12.3. The fourth-order valence-corrected chi connectivity index (χ4v) is 2.66. The number of hydrogen-bond donors (Lipinski definition) is 1. The van der Waals surface area contributed by atoms with Crippen LogP contribution in [-0.4, -0.2) is 47.3 Å². The van der Waals surface area contributed by atoms with Gasteiger partial charge in [0.1, 0.15) is 17.9 Å². The number of urea groups is 1. The number of hydrogen-bond acceptors (Lipinski definition) is 5. The van der Waals surface area contributed by atoms with Crippen molar-refractivity contribution in [2.45, 2.75) is 38.6 Å². The van der Waals surface area contributed by atoms with E-state index in [1.54, 1.807) is 6.92 Å². The average Bonchev–Trinajstić information content (AvgIpc) is 2.81. The summed E-state index contributed by atoms with van der Waals surface area (Å²) in [5.74, 6) is -2.54. The Morgan fingerprint density at radius 1 is 1.31 bits per heavy atom. The van der Waals surface area contributed by atoms with Crippen LogP contribution in [-0.2, 0) is 14.3 Å². The van der Waals surface area contributed by atoms with Gasteiger partial charge in [0.25, 0.3) is 5.91 Å². The number of unbranched alkanes of at least 4 members (excludes halogenated alkanes) is 1. The molecule has 1 heterocycles. The Morgan fingerprint density at radius 2 is 2.04 bits per heavy atom. The molecule has 2 rings (SSSR count). The van der Waals surface area contributed by atoms with Crippen molar-refractivity contribution >= 4 is 23.7 Å². The lowest BCUT2D eigenvalue weighted by molar-refractivity contribution is -0.146. The minimum absolute atomic E-state index is 0.0694. The molecule has 7 nitrogen and oxygen atoms in total. The number of ketones is 1. The molecular formula is C18H21FN2O5. The lowest BCUT2D eigenvalue weighted by Crippen LogP contribution is -2.44. The monoisotopic (exact) mass is 364 g/mol. The highest BCUT2D eigenvalue weighted by Crippen LogP contribution is 2.23. The second-order valence-electron chi connectivity index (χ2n) is 6.35. The summed E-state index contributed by atoms with van der Waals surface area (Å²) < 4.78 is 17.9. The molecule has 0 radical (unpaired) electrons. The van der Waals surface area contributed by atoms with Gasteiger partial charge in [0.2, 0.25) is 0 Å². The molecule has 1 atom stereocenters. The number of halogens is 1. The first-order valence-electron chi connectivity index (χ1n) is 8.35. The fraction of sp³-hybridized carbons (Fsp3) is 0.444. The van der Waals surface area contributed by atoms with Crippen LogP contribution in [0.4, 0.5) is 9.18 Å². The summed E-state index contributed by atoms with van der Waals surface area (Å²) in [6.45, 7) is 2.40. The third-order valence-electron chi connectivity index (χ3n) is 4.17. The molecule has 0 aromatic heterocycles. The van der Waals surface area contributed by atoms with Crippen molar-refractivity contribution in [2.75, 3.05) is 13.2 Å². The van der Waals surface area contributed by atoms with Gasteiger partial charge in [-0.05, 0) is 25.5 Å². The lowest BCUT2D eigenvalue weighted by Gasteiger charge is -2.21. The Labute approximate surface area is 150 Å². The number of imide groups is 1. The van der Waals surface area contributed by atoms with E-state index in [1.807, 2.05) is 6.92 Å². The van der Waals surface area contributed by atoms with E-state index in [2.05, 4.69) is 5.32 Å². The molecule has 0 spiro atoms. The van der Waals surface area contributed by atoms with E-state index >= 15 is 0 Å². The number of nitrogens with zero attached hydrogens (tertiary/aromatic N) is 1. The van der Waals surface area contributed by atoms with E-state index in [9.17, 15) is 23.6 Å². The average molecular weight is 364 g/mol. The maximum absolute atomic E-state index is 13.1. The zero-order valence-corrected chi connectivity index (χ0v) is 14.7. The van der Waals surface area contributed by atoms with Crippen LogP contribution in [0.5, 0.6) is 0 Å². The number of esters is 1. The highest BCUT2D eigenvalue weighted by Gasteiger charge is 2.47. The van der Waals surface area contributed by atoms with Gasteiger partial charge in [-0.2, -0.15) is 0 Å². The van der Waals surface area contributed by atoms with Gasteiger partial charge in [-0.1, -0.05) is 31.9 Å². The molecule has 0 unspecified atom stereocenters. The van der Waals surface area contributed by atoms with E-state index in [4.69, 9.17) is 4.74 Å². The molecule has 1 aromatic carbocycles. The molecule has 1 aliphatic heterocycles. The molecule has 1 N–H and O–H groups in total. The number of ether oxygens (including phenoxy) is 1. The predicted octanol–water partition coefficient (Wildman–Crippen LogP) is 2.05. The van der Waals surface area contributed by atoms with Gasteiger partial charge in [-0.15, -0.1) is 0 Å². The van der Waals surface area contributed by atoms with Crippen LogP contribution < -0.4 is 5.32 Å². The van der Waals surface area contributed by atoms with Gasteiger partial charge in [-0.3, -0.25) is 19.3 Å². The third-order valence-corrected chi connectivity index (χ3v) is 4.17. The Bertz CT molecular complexity index is 736. The summed E-state index contributed by atoms with van der Waals surface area (Å²) in [5, 5.41) is 2.59. The smallest absolute Gasteiger partial charge is 0.326 e. The second kappa shape index (κ2) is 8.07. The van der Waals surface area contributed by atoms with Crippen LogP contribution in [0.1, 0.15) is 43.5 Å². The number of benzene rings is 1. The minimum Gasteiger partial charge on any atom is -0.456 e. The molecule has 26 heavy (non-hydrogen) atoms. The van der Waals surface area contributed by atoms with Crippen LogP contribution in [0.25, 0.3) is 0 Å². The molecule has 3 amide bonds. The predicted molar refractivity (Wildman–Crippen MR) is 89.9 cm³/mol. The normalized spacial score (nSPS) is 19.4. The fourth-order valence-electron chi connectivity index (χ4n) is 2.66. The molecule has 140 valence electrons. The summed E-state index contributed by atoms with van der Waals surface area (Å²) in [4.78, 5) is 48.9. The Morgan fingerprint density at radius 3 is 2.69 bits per heavy atom. The van der Waals surface area contributed by atoms with Crippen LogP contribution in [0.2, 0.25) is 0 Å². The van der Waals surface area contributed by atoms with Gasteiger partial charge in [-0.25, -0.2) is 9.18 Å². The summed E-state index contributed by atoms with van der Waals surface area (Å²) in [6, 6.07) is 4.33. The van der Waals surface area contributed by atoms with Crippen molar-refractivity contribution in [3.8, 4) is 0 Å². The molecule has 1 aromatic rings. The molecule has 0 saturated carbocycles. The van der Waals surface area contributed by atoms with Crippen LogP contribution in [0.15, 0.2) is 24.3 Å². The van der Waals surface area contributed by atoms with E-state index in [1.165, 1.54) is 18.2 Å². The lowest BCUT2D eigenvalue weighted by atomic mass is 9.95. The van der Waals surface area contributed by atoms with Gasteiger partial charge in [0, 0.05) is 5.56 Å². The number of rotatable bonds is 8. The molecule has 1 fully saturated rings. The summed E-state index contributed by atoms with van der Waals surface area (Å²) in [7, 11) is 0. The second-order valence-corrected chi connectivity index (χ2v) is 6.35. The number of carbonyl (C=O) groups excluding carboxylic acids is 4. The number of Topliss-reactive ketones (excluding diaryl/α,β-unsaturated/α-hetero) is 1. The molecule has 8 heteroatoms. The Kier molecular flexibility index (Phi) is 6.07. The topological polar surface area (TPSA) is 92.8 Å². The van der Waals surface area contributed by atoms with Crippen molar-refractivity contribution in [3.63, 3.8) is 0 Å². The first kappa shape index (κ1) is 19.6. The van der Waals surface area contributed by atoms with Crippen molar-refractivity contribution in [1.82, 2.24) is 10.2 Å². The SMILES string of the molecule is CCCC[C@]1(C)NC(=O)N(CC(=O)OCC(=O)c2cccc(F)c2)C1=O. The largest absolute Gasteiger partial charge is 0.456 e. The van der Waals surface area contributed by atoms with Crippen LogP contribution in [0, 0.1) is 5.82 Å². The van der Waals surface area contributed by atoms with Crippen molar-refractivity contribution in [3.05, 3.63) is 35.6 Å². The van der Waals surface area contributed by atoms with E-state index < -0.39 is 48.2 Å². The zero-order valence-electron chi connectivity index (χ0n) is 14.7. The van der Waals surface area contributed by atoms with Crippen molar-refractivity contribution in [2.24, 2.45) is 0 Å². The maximum atomic E-state index is 13.1. The molecule has 1 saturated heterocycles. The van der Waals surface area contributed by atoms with Crippen molar-refractivity contribution < 1.29 is 28.3 Å². The molecule has 0 bridgehead atoms. The Balaban J connectivity index is 1.90. The molecular weight excluding hydrogens is 343 g/mol. The number of carbonyl (C=O) groups is 4. The van der Waals surface area contributed by atoms with Gasteiger partial charge < -0.3 is 10.1 Å². The van der Waals surface area contributed by atoms with Crippen molar-refractivity contribution in [1.29, 1.82) is 0 Å². The van der Waals surface area contributed by atoms with Gasteiger partial charge >= 0.3 is 12.0 Å². The van der Waals surface area contributed by atoms with E-state index in [-0.39, 0.29) is 5.56 Å². The van der Waals surface area contributed by atoms with Gasteiger partial charge in [0.15, 0.2) is 12.4 Å². The highest BCUT2D eigenvalue weighted by atomic mass is 19.1. The number of amides is 3. The first-order valence-corrected chi connectivity index (χ1v) is 8.35.